The van der Waals surface area contributed by atoms with Gasteiger partial charge in [0, 0.05) is 22.2 Å². The number of hydrogen-bond donors (Lipinski definition) is 1. The summed E-state index contributed by atoms with van der Waals surface area (Å²) in [5.41, 5.74) is 1.44. The average Bonchev–Trinajstić information content (AvgIpc) is 2.52. The van der Waals surface area contributed by atoms with Gasteiger partial charge < -0.3 is 4.74 Å². The van der Waals surface area contributed by atoms with E-state index in [0.717, 1.165) is 5.56 Å². The highest BCUT2D eigenvalue weighted by atomic mass is 35.5. The van der Waals surface area contributed by atoms with Crippen molar-refractivity contribution >= 4 is 33.2 Å². The van der Waals surface area contributed by atoms with Crippen molar-refractivity contribution in [3.63, 3.8) is 0 Å². The van der Waals surface area contributed by atoms with Crippen molar-refractivity contribution in [1.29, 1.82) is 0 Å². The van der Waals surface area contributed by atoms with Crippen LogP contribution in [0.15, 0.2) is 48.5 Å². The molecule has 0 radical (unpaired) electrons. The van der Waals surface area contributed by atoms with Gasteiger partial charge in [0.2, 0.25) is 10.0 Å². The molecule has 2 aromatic carbocycles. The van der Waals surface area contributed by atoms with E-state index in [1.807, 2.05) is 30.3 Å². The highest BCUT2D eigenvalue weighted by Gasteiger charge is 2.15. The Morgan fingerprint density at radius 1 is 0.957 bits per heavy atom. The molecule has 0 aliphatic rings. The molecule has 2 aromatic rings. The molecule has 0 heterocycles. The summed E-state index contributed by atoms with van der Waals surface area (Å²) in [6.07, 6.45) is 0. The van der Waals surface area contributed by atoms with Crippen molar-refractivity contribution in [3.8, 4) is 0 Å². The largest absolute Gasteiger partial charge is 0.375 e. The molecule has 4 nitrogen and oxygen atoms in total. The van der Waals surface area contributed by atoms with Gasteiger partial charge in [-0.2, -0.15) is 0 Å². The SMILES string of the molecule is O=S(=O)(Cc1c(Cl)cccc1Cl)NCCOCc1ccccc1. The van der Waals surface area contributed by atoms with Gasteiger partial charge in [0.25, 0.3) is 0 Å². The van der Waals surface area contributed by atoms with Crippen LogP contribution in [0.25, 0.3) is 0 Å². The van der Waals surface area contributed by atoms with Gasteiger partial charge in [-0.15, -0.1) is 0 Å². The summed E-state index contributed by atoms with van der Waals surface area (Å²) < 4.78 is 32.0. The van der Waals surface area contributed by atoms with Crippen LogP contribution in [0.1, 0.15) is 11.1 Å². The molecule has 1 N–H and O–H groups in total. The van der Waals surface area contributed by atoms with Crippen molar-refractivity contribution in [2.45, 2.75) is 12.4 Å². The minimum atomic E-state index is -3.52. The summed E-state index contributed by atoms with van der Waals surface area (Å²) in [5.74, 6) is -0.260. The lowest BCUT2D eigenvalue weighted by Crippen LogP contribution is -2.28. The van der Waals surface area contributed by atoms with Gasteiger partial charge in [-0.25, -0.2) is 13.1 Å². The van der Waals surface area contributed by atoms with E-state index in [-0.39, 0.29) is 18.9 Å². The van der Waals surface area contributed by atoms with Crippen LogP contribution < -0.4 is 4.72 Å². The first-order valence-corrected chi connectivity index (χ1v) is 9.41. The second-order valence-electron chi connectivity index (χ2n) is 4.89. The minimum Gasteiger partial charge on any atom is -0.375 e. The molecular formula is C16H17Cl2NO3S. The number of benzene rings is 2. The van der Waals surface area contributed by atoms with E-state index in [2.05, 4.69) is 4.72 Å². The molecule has 0 saturated carbocycles. The predicted octanol–water partition coefficient (Wildman–Crippen LogP) is 3.63. The Hall–Kier alpha value is -1.11. The topological polar surface area (TPSA) is 55.4 Å². The Morgan fingerprint density at radius 2 is 1.61 bits per heavy atom. The molecule has 0 fully saturated rings. The maximum Gasteiger partial charge on any atom is 0.215 e. The zero-order valence-electron chi connectivity index (χ0n) is 12.3. The van der Waals surface area contributed by atoms with Gasteiger partial charge in [0.05, 0.1) is 19.0 Å². The summed E-state index contributed by atoms with van der Waals surface area (Å²) in [5, 5.41) is 0.673. The van der Waals surface area contributed by atoms with E-state index in [1.165, 1.54) is 0 Å². The zero-order chi connectivity index (χ0) is 16.7. The number of rotatable bonds is 8. The third-order valence-corrected chi connectivity index (χ3v) is 5.10. The highest BCUT2D eigenvalue weighted by molar-refractivity contribution is 7.88. The van der Waals surface area contributed by atoms with Crippen LogP contribution in [0.3, 0.4) is 0 Å². The molecule has 7 heteroatoms. The van der Waals surface area contributed by atoms with Gasteiger partial charge in [0.15, 0.2) is 0 Å². The number of sulfonamides is 1. The van der Waals surface area contributed by atoms with Gasteiger partial charge in [-0.3, -0.25) is 0 Å². The fourth-order valence-electron chi connectivity index (χ4n) is 1.94. The summed E-state index contributed by atoms with van der Waals surface area (Å²) in [6.45, 7) is 0.917. The van der Waals surface area contributed by atoms with Gasteiger partial charge in [-0.1, -0.05) is 59.6 Å². The summed E-state index contributed by atoms with van der Waals surface area (Å²) in [4.78, 5) is 0. The van der Waals surface area contributed by atoms with Crippen molar-refractivity contribution in [2.24, 2.45) is 0 Å². The Balaban J connectivity index is 1.78. The molecule has 0 saturated heterocycles. The quantitative estimate of drug-likeness (QED) is 0.718. The molecule has 0 aliphatic heterocycles. The summed E-state index contributed by atoms with van der Waals surface area (Å²) in [7, 11) is -3.52. The maximum absolute atomic E-state index is 12.1. The third kappa shape index (κ3) is 6.12. The van der Waals surface area contributed by atoms with E-state index in [4.69, 9.17) is 27.9 Å². The Labute approximate surface area is 146 Å². The fraction of sp³-hybridized carbons (Fsp3) is 0.250. The molecule has 0 bridgehead atoms. The Kier molecular flexibility index (Phi) is 6.87. The third-order valence-electron chi connectivity index (χ3n) is 3.08. The smallest absolute Gasteiger partial charge is 0.215 e. The second kappa shape index (κ2) is 8.66. The van der Waals surface area contributed by atoms with Crippen LogP contribution in [-0.4, -0.2) is 21.6 Å². The normalized spacial score (nSPS) is 11.6. The summed E-state index contributed by atoms with van der Waals surface area (Å²) >= 11 is 12.0. The van der Waals surface area contributed by atoms with E-state index >= 15 is 0 Å². The number of hydrogen-bond acceptors (Lipinski definition) is 3. The number of ether oxygens (including phenoxy) is 1. The molecule has 0 aromatic heterocycles. The van der Waals surface area contributed by atoms with E-state index in [0.29, 0.717) is 22.2 Å². The second-order valence-corrected chi connectivity index (χ2v) is 7.51. The van der Waals surface area contributed by atoms with Crippen LogP contribution in [0.4, 0.5) is 0 Å². The standard InChI is InChI=1S/C16H17Cl2NO3S/c17-15-7-4-8-16(18)14(15)12-23(20,21)19-9-10-22-11-13-5-2-1-3-6-13/h1-8,19H,9-12H2. The van der Waals surface area contributed by atoms with Crippen LogP contribution in [0.2, 0.25) is 10.0 Å². The molecule has 0 spiro atoms. The maximum atomic E-state index is 12.1. The van der Waals surface area contributed by atoms with E-state index in [9.17, 15) is 8.42 Å². The van der Waals surface area contributed by atoms with Crippen LogP contribution >= 0.6 is 23.2 Å². The lowest BCUT2D eigenvalue weighted by atomic mass is 10.2. The molecule has 0 amide bonds. The molecule has 0 unspecified atom stereocenters. The number of halogens is 2. The molecular weight excluding hydrogens is 357 g/mol. The van der Waals surface area contributed by atoms with Crippen LogP contribution in [0, 0.1) is 0 Å². The van der Waals surface area contributed by atoms with Crippen molar-refractivity contribution < 1.29 is 13.2 Å². The predicted molar refractivity (Wildman–Crippen MR) is 93.2 cm³/mol. The fourth-order valence-corrected chi connectivity index (χ4v) is 3.82. The van der Waals surface area contributed by atoms with Crippen molar-refractivity contribution in [3.05, 3.63) is 69.7 Å². The van der Waals surface area contributed by atoms with E-state index in [1.54, 1.807) is 18.2 Å². The van der Waals surface area contributed by atoms with Crippen molar-refractivity contribution in [2.75, 3.05) is 13.2 Å². The molecule has 0 aliphatic carbocycles. The Morgan fingerprint density at radius 3 is 2.26 bits per heavy atom. The molecule has 2 rings (SSSR count). The van der Waals surface area contributed by atoms with Gasteiger partial charge >= 0.3 is 0 Å². The highest BCUT2D eigenvalue weighted by Crippen LogP contribution is 2.25. The monoisotopic (exact) mass is 373 g/mol. The lowest BCUT2D eigenvalue weighted by molar-refractivity contribution is 0.126. The van der Waals surface area contributed by atoms with Crippen LogP contribution in [0.5, 0.6) is 0 Å². The van der Waals surface area contributed by atoms with Gasteiger partial charge in [-0.05, 0) is 17.7 Å². The van der Waals surface area contributed by atoms with Crippen LogP contribution in [-0.2, 0) is 27.1 Å². The first kappa shape index (κ1) is 18.2. The zero-order valence-corrected chi connectivity index (χ0v) is 14.7. The molecule has 124 valence electrons. The summed E-state index contributed by atoms with van der Waals surface area (Å²) in [6, 6.07) is 14.6. The minimum absolute atomic E-state index is 0.192. The van der Waals surface area contributed by atoms with Gasteiger partial charge in [0.1, 0.15) is 0 Å². The first-order valence-electron chi connectivity index (χ1n) is 7.00. The number of nitrogens with one attached hydrogen (secondary N) is 1. The lowest BCUT2D eigenvalue weighted by Gasteiger charge is -2.10. The first-order chi connectivity index (χ1) is 11.0. The Bertz CT molecular complexity index is 716. The van der Waals surface area contributed by atoms with E-state index < -0.39 is 10.0 Å². The average molecular weight is 374 g/mol. The molecule has 23 heavy (non-hydrogen) atoms. The molecule has 0 atom stereocenters. The van der Waals surface area contributed by atoms with Crippen molar-refractivity contribution in [1.82, 2.24) is 4.72 Å².